The van der Waals surface area contributed by atoms with Crippen LogP contribution in [0.4, 0.5) is 11.6 Å². The molecule has 0 amide bonds. The van der Waals surface area contributed by atoms with E-state index in [-0.39, 0.29) is 11.7 Å². The van der Waals surface area contributed by atoms with Gasteiger partial charge in [0.1, 0.15) is 0 Å². The van der Waals surface area contributed by atoms with Crippen LogP contribution >= 0.6 is 11.3 Å². The summed E-state index contributed by atoms with van der Waals surface area (Å²) in [5.74, 6) is 1.12. The van der Waals surface area contributed by atoms with Crippen LogP contribution < -0.4 is 4.90 Å². The first-order chi connectivity index (χ1) is 12.3. The van der Waals surface area contributed by atoms with Crippen LogP contribution in [0.5, 0.6) is 0 Å². The lowest BCUT2D eigenvalue weighted by molar-refractivity contribution is 0.0963. The van der Waals surface area contributed by atoms with Gasteiger partial charge in [0, 0.05) is 35.6 Å². The molecule has 0 spiro atoms. The molecule has 3 heterocycles. The van der Waals surface area contributed by atoms with E-state index in [4.69, 9.17) is 4.98 Å². The molecule has 0 saturated carbocycles. The van der Waals surface area contributed by atoms with Gasteiger partial charge in [0.15, 0.2) is 5.78 Å². The second kappa shape index (κ2) is 5.77. The number of ketones is 1. The van der Waals surface area contributed by atoms with E-state index < -0.39 is 0 Å². The van der Waals surface area contributed by atoms with Crippen molar-refractivity contribution in [3.8, 4) is 0 Å². The predicted octanol–water partition coefficient (Wildman–Crippen LogP) is 4.15. The minimum atomic E-state index is 0.160. The zero-order valence-corrected chi connectivity index (χ0v) is 14.5. The molecule has 1 aliphatic heterocycles. The molecule has 0 N–H and O–H groups in total. The van der Waals surface area contributed by atoms with Gasteiger partial charge in [-0.05, 0) is 35.9 Å². The van der Waals surface area contributed by atoms with Crippen molar-refractivity contribution >= 4 is 28.8 Å². The minimum Gasteiger partial charge on any atom is -0.310 e. The Labute approximate surface area is 150 Å². The summed E-state index contributed by atoms with van der Waals surface area (Å²) in [5.41, 5.74) is 4.10. The number of aromatic nitrogens is 2. The number of nitrogens with zero attached hydrogens (tertiary/aromatic N) is 3. The number of benzene rings is 1. The van der Waals surface area contributed by atoms with Crippen LogP contribution in [-0.2, 0) is 12.8 Å². The first-order valence-electron chi connectivity index (χ1n) is 8.57. The summed E-state index contributed by atoms with van der Waals surface area (Å²) >= 11 is 1.72. The first-order valence-corrected chi connectivity index (χ1v) is 9.45. The highest BCUT2D eigenvalue weighted by atomic mass is 32.1. The lowest BCUT2D eigenvalue weighted by atomic mass is 9.86. The maximum Gasteiger partial charge on any atom is 0.230 e. The Morgan fingerprint density at radius 1 is 1.12 bits per heavy atom. The standard InChI is InChI=1S/C20H17N3OS/c24-18-11-14(19-6-3-9-25-19)10-16-15(18)12-21-20(22-16)23-8-7-13-4-1-2-5-17(13)23/h1-6,9,12,14H,7-8,10-11H2. The zero-order valence-electron chi connectivity index (χ0n) is 13.7. The second-order valence-corrected chi connectivity index (χ2v) is 7.58. The van der Waals surface area contributed by atoms with Gasteiger partial charge in [-0.2, -0.15) is 0 Å². The van der Waals surface area contributed by atoms with Crippen molar-refractivity contribution in [1.29, 1.82) is 0 Å². The van der Waals surface area contributed by atoms with Gasteiger partial charge in [-0.1, -0.05) is 24.3 Å². The van der Waals surface area contributed by atoms with E-state index in [0.29, 0.717) is 17.9 Å². The number of hydrogen-bond acceptors (Lipinski definition) is 5. The maximum absolute atomic E-state index is 12.5. The minimum absolute atomic E-state index is 0.160. The quantitative estimate of drug-likeness (QED) is 0.699. The first kappa shape index (κ1) is 14.8. The number of Topliss-reactive ketones (excluding diaryl/α,β-unsaturated/α-hetero) is 1. The average Bonchev–Trinajstić information content (AvgIpc) is 3.31. The molecule has 1 aliphatic carbocycles. The molecular formula is C20H17N3OS. The van der Waals surface area contributed by atoms with Crippen LogP contribution in [0.15, 0.2) is 48.0 Å². The summed E-state index contributed by atoms with van der Waals surface area (Å²) in [7, 11) is 0. The Morgan fingerprint density at radius 2 is 2.04 bits per heavy atom. The lowest BCUT2D eigenvalue weighted by Crippen LogP contribution is -2.23. The Kier molecular flexibility index (Phi) is 3.41. The SMILES string of the molecule is O=C1CC(c2cccs2)Cc2nc(N3CCc4ccccc43)ncc21. The third-order valence-corrected chi connectivity index (χ3v) is 6.14. The average molecular weight is 347 g/mol. The number of carbonyl (C=O) groups excluding carboxylic acids is 1. The van der Waals surface area contributed by atoms with Crippen LogP contribution in [0.25, 0.3) is 0 Å². The Morgan fingerprint density at radius 3 is 2.92 bits per heavy atom. The molecule has 0 bridgehead atoms. The summed E-state index contributed by atoms with van der Waals surface area (Å²) in [4.78, 5) is 25.3. The highest BCUT2D eigenvalue weighted by Gasteiger charge is 2.30. The molecular weight excluding hydrogens is 330 g/mol. The van der Waals surface area contributed by atoms with E-state index in [1.807, 2.05) is 12.1 Å². The topological polar surface area (TPSA) is 46.1 Å². The van der Waals surface area contributed by atoms with Crippen LogP contribution in [0.3, 0.4) is 0 Å². The van der Waals surface area contributed by atoms with Crippen LogP contribution in [-0.4, -0.2) is 22.3 Å². The molecule has 5 rings (SSSR count). The van der Waals surface area contributed by atoms with Crippen molar-refractivity contribution in [2.45, 2.75) is 25.2 Å². The fourth-order valence-corrected chi connectivity index (χ4v) is 4.67. The number of thiophene rings is 1. The molecule has 0 saturated heterocycles. The zero-order chi connectivity index (χ0) is 16.8. The Balaban J connectivity index is 1.52. The summed E-state index contributed by atoms with van der Waals surface area (Å²) in [5, 5.41) is 2.07. The second-order valence-electron chi connectivity index (χ2n) is 6.60. The van der Waals surface area contributed by atoms with Gasteiger partial charge in [0.2, 0.25) is 5.95 Å². The van der Waals surface area contributed by atoms with Crippen LogP contribution in [0, 0.1) is 0 Å². The van der Waals surface area contributed by atoms with Crippen LogP contribution in [0.2, 0.25) is 0 Å². The lowest BCUT2D eigenvalue weighted by Gasteiger charge is -2.24. The fourth-order valence-electron chi connectivity index (χ4n) is 3.84. The molecule has 2 aromatic heterocycles. The van der Waals surface area contributed by atoms with E-state index in [1.165, 1.54) is 16.1 Å². The highest BCUT2D eigenvalue weighted by Crippen LogP contribution is 2.36. The summed E-state index contributed by atoms with van der Waals surface area (Å²) in [6, 6.07) is 12.6. The number of carbonyl (C=O) groups is 1. The maximum atomic E-state index is 12.5. The van der Waals surface area contributed by atoms with Gasteiger partial charge in [0.25, 0.3) is 0 Å². The molecule has 1 aromatic carbocycles. The van der Waals surface area contributed by atoms with Gasteiger partial charge in [-0.25, -0.2) is 9.97 Å². The highest BCUT2D eigenvalue weighted by molar-refractivity contribution is 7.10. The van der Waals surface area contributed by atoms with Gasteiger partial charge in [-0.15, -0.1) is 11.3 Å². The van der Waals surface area contributed by atoms with E-state index >= 15 is 0 Å². The van der Waals surface area contributed by atoms with Crippen LogP contribution in [0.1, 0.15) is 38.8 Å². The van der Waals surface area contributed by atoms with Crippen molar-refractivity contribution in [1.82, 2.24) is 9.97 Å². The van der Waals surface area contributed by atoms with Crippen molar-refractivity contribution < 1.29 is 4.79 Å². The van der Waals surface area contributed by atoms with Crippen molar-refractivity contribution in [2.75, 3.05) is 11.4 Å². The molecule has 1 atom stereocenters. The van der Waals surface area contributed by atoms with Gasteiger partial charge >= 0.3 is 0 Å². The monoisotopic (exact) mass is 347 g/mol. The molecule has 2 aliphatic rings. The number of para-hydroxylation sites is 1. The van der Waals surface area contributed by atoms with E-state index in [0.717, 1.165) is 25.1 Å². The Hall–Kier alpha value is -2.53. The van der Waals surface area contributed by atoms with E-state index in [9.17, 15) is 4.79 Å². The largest absolute Gasteiger partial charge is 0.310 e. The summed E-state index contributed by atoms with van der Waals surface area (Å²) < 4.78 is 0. The van der Waals surface area contributed by atoms with E-state index in [2.05, 4.69) is 39.5 Å². The fraction of sp³-hybridized carbons (Fsp3) is 0.250. The molecule has 1 unspecified atom stereocenters. The third kappa shape index (κ3) is 2.46. The number of hydrogen-bond donors (Lipinski definition) is 0. The number of rotatable bonds is 2. The molecule has 3 aromatic rings. The number of anilines is 2. The van der Waals surface area contributed by atoms with Gasteiger partial charge < -0.3 is 4.90 Å². The predicted molar refractivity (Wildman–Crippen MR) is 98.9 cm³/mol. The normalized spacial score (nSPS) is 19.0. The van der Waals surface area contributed by atoms with Gasteiger partial charge in [0.05, 0.1) is 11.3 Å². The van der Waals surface area contributed by atoms with E-state index in [1.54, 1.807) is 17.5 Å². The number of fused-ring (bicyclic) bond motifs is 2. The molecule has 4 nitrogen and oxygen atoms in total. The summed E-state index contributed by atoms with van der Waals surface area (Å²) in [6.07, 6.45) is 4.11. The third-order valence-electron chi connectivity index (χ3n) is 5.10. The van der Waals surface area contributed by atoms with Gasteiger partial charge in [-0.3, -0.25) is 4.79 Å². The van der Waals surface area contributed by atoms with Crippen molar-refractivity contribution in [2.24, 2.45) is 0 Å². The molecule has 124 valence electrons. The molecule has 0 radical (unpaired) electrons. The smallest absolute Gasteiger partial charge is 0.230 e. The summed E-state index contributed by atoms with van der Waals surface area (Å²) in [6.45, 7) is 0.889. The molecule has 5 heteroatoms. The Bertz CT molecular complexity index is 951. The molecule has 25 heavy (non-hydrogen) atoms. The van der Waals surface area contributed by atoms with Crippen molar-refractivity contribution in [3.63, 3.8) is 0 Å². The molecule has 0 fully saturated rings. The van der Waals surface area contributed by atoms with Crippen molar-refractivity contribution in [3.05, 3.63) is 69.7 Å².